The van der Waals surface area contributed by atoms with E-state index in [2.05, 4.69) is 10.6 Å². The van der Waals surface area contributed by atoms with Crippen molar-refractivity contribution in [2.75, 3.05) is 18.6 Å². The van der Waals surface area contributed by atoms with Crippen LogP contribution in [0.3, 0.4) is 0 Å². The lowest BCUT2D eigenvalue weighted by molar-refractivity contribution is -0.130. The number of para-hydroxylation sites is 1. The molecule has 7 heteroatoms. The van der Waals surface area contributed by atoms with Gasteiger partial charge in [0.05, 0.1) is 0 Å². The Morgan fingerprint density at radius 3 is 2.52 bits per heavy atom. The van der Waals surface area contributed by atoms with Crippen LogP contribution in [-0.4, -0.2) is 36.5 Å². The number of amides is 2. The van der Waals surface area contributed by atoms with E-state index in [4.69, 9.17) is 16.3 Å². The highest BCUT2D eigenvalue weighted by Crippen LogP contribution is 2.14. The number of rotatable bonds is 10. The third-order valence-corrected chi connectivity index (χ3v) is 4.80. The monoisotopic (exact) mass is 406 g/mol. The van der Waals surface area contributed by atoms with Gasteiger partial charge in [-0.25, -0.2) is 0 Å². The Labute approximate surface area is 168 Å². The Balaban J connectivity index is 1.87. The van der Waals surface area contributed by atoms with Gasteiger partial charge in [0.1, 0.15) is 11.8 Å². The molecule has 0 aliphatic heterocycles. The summed E-state index contributed by atoms with van der Waals surface area (Å²) in [5.74, 6) is 0.788. The third kappa shape index (κ3) is 7.53. The van der Waals surface area contributed by atoms with Crippen LogP contribution in [0.5, 0.6) is 5.75 Å². The SMILES string of the molecule is CSCC[C@H](NC(=O)COc1ccccc1)C(=O)NCc1ccccc1Cl. The number of hydrogen-bond donors (Lipinski definition) is 2. The number of thioether (sulfide) groups is 1. The van der Waals surface area contributed by atoms with Crippen molar-refractivity contribution in [3.8, 4) is 5.75 Å². The molecule has 0 heterocycles. The molecule has 0 saturated carbocycles. The molecule has 2 aromatic rings. The number of halogens is 1. The van der Waals surface area contributed by atoms with Gasteiger partial charge in [-0.3, -0.25) is 9.59 Å². The van der Waals surface area contributed by atoms with Gasteiger partial charge in [0, 0.05) is 11.6 Å². The van der Waals surface area contributed by atoms with Crippen molar-refractivity contribution in [3.63, 3.8) is 0 Å². The maximum Gasteiger partial charge on any atom is 0.258 e. The number of carbonyl (C=O) groups excluding carboxylic acids is 2. The molecule has 2 amide bonds. The molecule has 2 aromatic carbocycles. The van der Waals surface area contributed by atoms with Gasteiger partial charge in [-0.1, -0.05) is 48.0 Å². The van der Waals surface area contributed by atoms with Gasteiger partial charge in [0.25, 0.3) is 5.91 Å². The number of benzene rings is 2. The van der Waals surface area contributed by atoms with Crippen LogP contribution in [0.4, 0.5) is 0 Å². The highest BCUT2D eigenvalue weighted by Gasteiger charge is 2.20. The normalized spacial score (nSPS) is 11.5. The first-order valence-corrected chi connectivity index (χ1v) is 10.3. The van der Waals surface area contributed by atoms with Crippen LogP contribution < -0.4 is 15.4 Å². The highest BCUT2D eigenvalue weighted by molar-refractivity contribution is 7.98. The van der Waals surface area contributed by atoms with Crippen molar-refractivity contribution < 1.29 is 14.3 Å². The van der Waals surface area contributed by atoms with Crippen LogP contribution in [0.2, 0.25) is 5.02 Å². The highest BCUT2D eigenvalue weighted by atomic mass is 35.5. The minimum Gasteiger partial charge on any atom is -0.484 e. The van der Waals surface area contributed by atoms with E-state index < -0.39 is 6.04 Å². The molecule has 0 unspecified atom stereocenters. The third-order valence-electron chi connectivity index (χ3n) is 3.79. The molecule has 0 fully saturated rings. The predicted octanol–water partition coefficient (Wildman–Crippen LogP) is 3.27. The summed E-state index contributed by atoms with van der Waals surface area (Å²) >= 11 is 7.73. The summed E-state index contributed by atoms with van der Waals surface area (Å²) < 4.78 is 5.43. The summed E-state index contributed by atoms with van der Waals surface area (Å²) in [4.78, 5) is 24.7. The molecular weight excluding hydrogens is 384 g/mol. The fourth-order valence-electron chi connectivity index (χ4n) is 2.35. The molecule has 144 valence electrons. The average molecular weight is 407 g/mol. The van der Waals surface area contributed by atoms with Gasteiger partial charge < -0.3 is 15.4 Å². The van der Waals surface area contributed by atoms with Crippen molar-refractivity contribution in [1.82, 2.24) is 10.6 Å². The van der Waals surface area contributed by atoms with Crippen molar-refractivity contribution in [2.24, 2.45) is 0 Å². The topological polar surface area (TPSA) is 67.4 Å². The van der Waals surface area contributed by atoms with E-state index in [0.29, 0.717) is 23.7 Å². The zero-order valence-electron chi connectivity index (χ0n) is 15.1. The van der Waals surface area contributed by atoms with Gasteiger partial charge in [-0.05, 0) is 42.2 Å². The second-order valence-electron chi connectivity index (χ2n) is 5.81. The molecule has 0 radical (unpaired) electrons. The summed E-state index contributed by atoms with van der Waals surface area (Å²) in [7, 11) is 0. The zero-order chi connectivity index (χ0) is 19.5. The first-order valence-electron chi connectivity index (χ1n) is 8.57. The van der Waals surface area contributed by atoms with Crippen molar-refractivity contribution >= 4 is 35.2 Å². The molecule has 0 bridgehead atoms. The Morgan fingerprint density at radius 2 is 1.81 bits per heavy atom. The standard InChI is InChI=1S/C20H23ClN2O3S/c1-27-12-11-18(20(25)22-13-15-7-5-6-10-17(15)21)23-19(24)14-26-16-8-3-2-4-9-16/h2-10,18H,11-14H2,1H3,(H,22,25)(H,23,24)/t18-/m0/s1. The minimum atomic E-state index is -0.619. The first kappa shape index (κ1) is 21.1. The van der Waals surface area contributed by atoms with Crippen LogP contribution in [0, 0.1) is 0 Å². The molecule has 0 saturated heterocycles. The lowest BCUT2D eigenvalue weighted by Gasteiger charge is -2.18. The maximum atomic E-state index is 12.5. The van der Waals surface area contributed by atoms with E-state index >= 15 is 0 Å². The second-order valence-corrected chi connectivity index (χ2v) is 7.21. The largest absolute Gasteiger partial charge is 0.484 e. The number of carbonyl (C=O) groups is 2. The van der Waals surface area contributed by atoms with E-state index in [9.17, 15) is 9.59 Å². The lowest BCUT2D eigenvalue weighted by Crippen LogP contribution is -2.48. The Kier molecular flexibility index (Phi) is 9.01. The summed E-state index contributed by atoms with van der Waals surface area (Å²) in [6.45, 7) is 0.169. The molecular formula is C20H23ClN2O3S. The zero-order valence-corrected chi connectivity index (χ0v) is 16.7. The molecule has 0 aromatic heterocycles. The Morgan fingerprint density at radius 1 is 1.11 bits per heavy atom. The summed E-state index contributed by atoms with van der Waals surface area (Å²) in [5.41, 5.74) is 0.829. The van der Waals surface area contributed by atoms with Gasteiger partial charge in [0.2, 0.25) is 5.91 Å². The molecule has 0 spiro atoms. The van der Waals surface area contributed by atoms with Crippen molar-refractivity contribution in [2.45, 2.75) is 19.0 Å². The summed E-state index contributed by atoms with van der Waals surface area (Å²) in [5, 5.41) is 6.19. The number of nitrogens with one attached hydrogen (secondary N) is 2. The van der Waals surface area contributed by atoms with Gasteiger partial charge in [-0.15, -0.1) is 0 Å². The van der Waals surface area contributed by atoms with E-state index in [0.717, 1.165) is 11.3 Å². The number of hydrogen-bond acceptors (Lipinski definition) is 4. The molecule has 5 nitrogen and oxygen atoms in total. The quantitative estimate of drug-likeness (QED) is 0.635. The summed E-state index contributed by atoms with van der Waals surface area (Å²) in [6, 6.07) is 15.8. The minimum absolute atomic E-state index is 0.141. The average Bonchev–Trinajstić information content (AvgIpc) is 2.69. The summed E-state index contributed by atoms with van der Waals surface area (Å²) in [6.07, 6.45) is 2.49. The van der Waals surface area contributed by atoms with Crippen LogP contribution >= 0.6 is 23.4 Å². The second kappa shape index (κ2) is 11.5. The van der Waals surface area contributed by atoms with Gasteiger partial charge in [0.15, 0.2) is 6.61 Å². The maximum absolute atomic E-state index is 12.5. The van der Waals surface area contributed by atoms with E-state index in [1.54, 1.807) is 30.0 Å². The molecule has 0 aliphatic carbocycles. The Hall–Kier alpha value is -2.18. The van der Waals surface area contributed by atoms with Crippen LogP contribution in [0.25, 0.3) is 0 Å². The molecule has 1 atom stereocenters. The lowest BCUT2D eigenvalue weighted by atomic mass is 10.2. The molecule has 27 heavy (non-hydrogen) atoms. The van der Waals surface area contributed by atoms with E-state index in [-0.39, 0.29) is 18.4 Å². The Bertz CT molecular complexity index is 743. The predicted molar refractivity (Wildman–Crippen MR) is 110 cm³/mol. The smallest absolute Gasteiger partial charge is 0.258 e. The van der Waals surface area contributed by atoms with Gasteiger partial charge >= 0.3 is 0 Å². The first-order chi connectivity index (χ1) is 13.1. The molecule has 0 aliphatic rings. The van der Waals surface area contributed by atoms with E-state index in [1.165, 1.54) is 0 Å². The van der Waals surface area contributed by atoms with E-state index in [1.807, 2.05) is 42.7 Å². The number of ether oxygens (including phenoxy) is 1. The molecule has 2 rings (SSSR count). The molecule has 2 N–H and O–H groups in total. The van der Waals surface area contributed by atoms with Crippen LogP contribution in [0.15, 0.2) is 54.6 Å². The van der Waals surface area contributed by atoms with Crippen molar-refractivity contribution in [1.29, 1.82) is 0 Å². The van der Waals surface area contributed by atoms with Gasteiger partial charge in [-0.2, -0.15) is 11.8 Å². The van der Waals surface area contributed by atoms with Crippen LogP contribution in [0.1, 0.15) is 12.0 Å². The fourth-order valence-corrected chi connectivity index (χ4v) is 3.03. The fraction of sp³-hybridized carbons (Fsp3) is 0.300. The van der Waals surface area contributed by atoms with Crippen molar-refractivity contribution in [3.05, 3.63) is 65.2 Å². The van der Waals surface area contributed by atoms with Crippen LogP contribution in [-0.2, 0) is 16.1 Å².